The van der Waals surface area contributed by atoms with Crippen LogP contribution in [0.5, 0.6) is 0 Å². The highest BCUT2D eigenvalue weighted by Gasteiger charge is 2.32. The average Bonchev–Trinajstić information content (AvgIpc) is 2.89. The number of carbonyl (C=O) groups excluding carboxylic acids is 1. The first-order valence-corrected chi connectivity index (χ1v) is 7.29. The molecule has 0 aromatic heterocycles. The van der Waals surface area contributed by atoms with Gasteiger partial charge in [0.1, 0.15) is 5.82 Å². The van der Waals surface area contributed by atoms with Crippen molar-refractivity contribution < 1.29 is 19.1 Å². The fraction of sp³-hybridized carbons (Fsp3) is 0.467. The molecular formula is C15H17ClFNO3. The molecule has 1 saturated carbocycles. The maximum Gasteiger partial charge on any atom is 0.306 e. The van der Waals surface area contributed by atoms with Gasteiger partial charge in [-0.25, -0.2) is 4.39 Å². The maximum absolute atomic E-state index is 13.6. The molecule has 2 unspecified atom stereocenters. The molecule has 2 rings (SSSR count). The van der Waals surface area contributed by atoms with Crippen molar-refractivity contribution in [2.75, 3.05) is 6.54 Å². The molecular weight excluding hydrogens is 297 g/mol. The van der Waals surface area contributed by atoms with E-state index in [-0.39, 0.29) is 28.8 Å². The number of carboxylic acids is 1. The minimum atomic E-state index is -0.816. The van der Waals surface area contributed by atoms with Gasteiger partial charge in [-0.15, -0.1) is 0 Å². The number of benzene rings is 1. The fourth-order valence-corrected chi connectivity index (χ4v) is 3.01. The Bertz CT molecular complexity index is 529. The van der Waals surface area contributed by atoms with Crippen LogP contribution < -0.4 is 5.32 Å². The number of halogens is 2. The molecule has 1 fully saturated rings. The predicted molar refractivity (Wildman–Crippen MR) is 76.6 cm³/mol. The molecule has 1 amide bonds. The van der Waals surface area contributed by atoms with Crippen LogP contribution in [0, 0.1) is 17.7 Å². The Morgan fingerprint density at radius 3 is 2.81 bits per heavy atom. The highest BCUT2D eigenvalue weighted by Crippen LogP contribution is 2.31. The Morgan fingerprint density at radius 1 is 1.38 bits per heavy atom. The Hall–Kier alpha value is -1.62. The first-order chi connectivity index (χ1) is 9.99. The molecule has 2 N–H and O–H groups in total. The molecule has 114 valence electrons. The summed E-state index contributed by atoms with van der Waals surface area (Å²) < 4.78 is 13.6. The lowest BCUT2D eigenvalue weighted by molar-refractivity contribution is -0.143. The van der Waals surface area contributed by atoms with E-state index in [4.69, 9.17) is 16.7 Å². The molecule has 1 aliphatic rings. The van der Waals surface area contributed by atoms with Gasteiger partial charge in [-0.2, -0.15) is 0 Å². The van der Waals surface area contributed by atoms with Crippen molar-refractivity contribution in [2.45, 2.75) is 25.7 Å². The van der Waals surface area contributed by atoms with E-state index in [0.29, 0.717) is 13.0 Å². The summed E-state index contributed by atoms with van der Waals surface area (Å²) in [5, 5.41) is 12.0. The highest BCUT2D eigenvalue weighted by molar-refractivity contribution is 6.31. The van der Waals surface area contributed by atoms with Crippen LogP contribution in [0.25, 0.3) is 0 Å². The molecule has 1 aromatic carbocycles. The lowest BCUT2D eigenvalue weighted by Gasteiger charge is -2.16. The van der Waals surface area contributed by atoms with Crippen molar-refractivity contribution in [1.82, 2.24) is 5.32 Å². The van der Waals surface area contributed by atoms with Crippen molar-refractivity contribution in [1.29, 1.82) is 0 Å². The van der Waals surface area contributed by atoms with Gasteiger partial charge in [0.2, 0.25) is 5.91 Å². The van der Waals surface area contributed by atoms with Crippen molar-refractivity contribution in [3.8, 4) is 0 Å². The van der Waals surface area contributed by atoms with Crippen LogP contribution >= 0.6 is 11.6 Å². The van der Waals surface area contributed by atoms with Crippen LogP contribution in [0.3, 0.4) is 0 Å². The van der Waals surface area contributed by atoms with Crippen LogP contribution in [0.1, 0.15) is 24.8 Å². The molecule has 2 atom stereocenters. The van der Waals surface area contributed by atoms with Gasteiger partial charge >= 0.3 is 5.97 Å². The van der Waals surface area contributed by atoms with E-state index in [1.165, 1.54) is 18.2 Å². The fourth-order valence-electron chi connectivity index (χ4n) is 2.78. The Balaban J connectivity index is 1.89. The monoisotopic (exact) mass is 313 g/mol. The Labute approximate surface area is 127 Å². The zero-order chi connectivity index (χ0) is 15.4. The second kappa shape index (κ2) is 6.89. The number of hydrogen-bond acceptors (Lipinski definition) is 2. The molecule has 0 saturated heterocycles. The van der Waals surface area contributed by atoms with E-state index in [9.17, 15) is 14.0 Å². The molecule has 4 nitrogen and oxygen atoms in total. The van der Waals surface area contributed by atoms with Crippen molar-refractivity contribution in [3.05, 3.63) is 34.6 Å². The molecule has 0 aliphatic heterocycles. The van der Waals surface area contributed by atoms with Crippen LogP contribution in [0.15, 0.2) is 18.2 Å². The summed E-state index contributed by atoms with van der Waals surface area (Å²) >= 11 is 5.87. The van der Waals surface area contributed by atoms with Crippen LogP contribution in [-0.2, 0) is 16.0 Å². The summed E-state index contributed by atoms with van der Waals surface area (Å²) in [7, 11) is 0. The van der Waals surface area contributed by atoms with Gasteiger partial charge in [-0.05, 0) is 30.9 Å². The zero-order valence-electron chi connectivity index (χ0n) is 11.4. The van der Waals surface area contributed by atoms with E-state index in [0.717, 1.165) is 12.8 Å². The van der Waals surface area contributed by atoms with Crippen molar-refractivity contribution in [3.63, 3.8) is 0 Å². The third-order valence-corrected chi connectivity index (χ3v) is 4.29. The summed E-state index contributed by atoms with van der Waals surface area (Å²) in [4.78, 5) is 22.9. The topological polar surface area (TPSA) is 66.4 Å². The normalized spacial score (nSPS) is 21.2. The van der Waals surface area contributed by atoms with E-state index in [1.54, 1.807) is 0 Å². The number of carbonyl (C=O) groups is 2. The lowest BCUT2D eigenvalue weighted by atomic mass is 9.96. The zero-order valence-corrected chi connectivity index (χ0v) is 12.2. The maximum atomic E-state index is 13.6. The summed E-state index contributed by atoms with van der Waals surface area (Å²) in [6.07, 6.45) is 2.15. The van der Waals surface area contributed by atoms with Crippen molar-refractivity contribution in [2.24, 2.45) is 11.8 Å². The van der Waals surface area contributed by atoms with Gasteiger partial charge in [0.05, 0.1) is 12.3 Å². The number of aliphatic carboxylic acids is 1. The van der Waals surface area contributed by atoms with Gasteiger partial charge in [0.25, 0.3) is 0 Å². The van der Waals surface area contributed by atoms with Crippen LogP contribution in [0.2, 0.25) is 5.02 Å². The SMILES string of the molecule is O=C(Cc1c(F)cccc1Cl)NCC1CCCC1C(=O)O. The second-order valence-electron chi connectivity index (χ2n) is 5.32. The largest absolute Gasteiger partial charge is 0.481 e. The molecule has 0 radical (unpaired) electrons. The summed E-state index contributed by atoms with van der Waals surface area (Å²) in [6, 6.07) is 4.27. The molecule has 1 aliphatic carbocycles. The number of carboxylic acid groups (broad SMARTS) is 1. The standard InChI is InChI=1S/C15H17ClFNO3/c16-12-5-2-6-13(17)11(12)7-14(19)18-8-9-3-1-4-10(9)15(20)21/h2,5-6,9-10H,1,3-4,7-8H2,(H,18,19)(H,20,21). The number of hydrogen-bond donors (Lipinski definition) is 2. The van der Waals surface area contributed by atoms with E-state index in [2.05, 4.69) is 5.32 Å². The number of rotatable bonds is 5. The third kappa shape index (κ3) is 3.94. The average molecular weight is 314 g/mol. The molecule has 6 heteroatoms. The van der Waals surface area contributed by atoms with Gasteiger partial charge in [-0.3, -0.25) is 9.59 Å². The van der Waals surface area contributed by atoms with Crippen LogP contribution in [-0.4, -0.2) is 23.5 Å². The van der Waals surface area contributed by atoms with Gasteiger partial charge in [-0.1, -0.05) is 24.1 Å². The first-order valence-electron chi connectivity index (χ1n) is 6.91. The molecule has 0 heterocycles. The lowest BCUT2D eigenvalue weighted by Crippen LogP contribution is -2.34. The molecule has 1 aromatic rings. The third-order valence-electron chi connectivity index (χ3n) is 3.94. The smallest absolute Gasteiger partial charge is 0.306 e. The Kier molecular flexibility index (Phi) is 5.17. The predicted octanol–water partition coefficient (Wildman–Crippen LogP) is 2.64. The van der Waals surface area contributed by atoms with Gasteiger partial charge in [0, 0.05) is 17.1 Å². The van der Waals surface area contributed by atoms with E-state index >= 15 is 0 Å². The Morgan fingerprint density at radius 2 is 2.14 bits per heavy atom. The van der Waals surface area contributed by atoms with Gasteiger partial charge in [0.15, 0.2) is 0 Å². The van der Waals surface area contributed by atoms with Crippen LogP contribution in [0.4, 0.5) is 4.39 Å². The minimum absolute atomic E-state index is 0.0532. The number of amides is 1. The first kappa shape index (κ1) is 15.8. The summed E-state index contributed by atoms with van der Waals surface area (Å²) in [5.41, 5.74) is 0.165. The second-order valence-corrected chi connectivity index (χ2v) is 5.72. The van der Waals surface area contributed by atoms with Gasteiger partial charge < -0.3 is 10.4 Å². The summed E-state index contributed by atoms with van der Waals surface area (Å²) in [5.74, 6) is -2.13. The minimum Gasteiger partial charge on any atom is -0.481 e. The quantitative estimate of drug-likeness (QED) is 0.878. The van der Waals surface area contributed by atoms with Crippen molar-refractivity contribution >= 4 is 23.5 Å². The van der Waals surface area contributed by atoms with E-state index < -0.39 is 17.7 Å². The molecule has 0 bridgehead atoms. The number of nitrogens with one attached hydrogen (secondary N) is 1. The van der Waals surface area contributed by atoms with E-state index in [1.807, 2.05) is 0 Å². The highest BCUT2D eigenvalue weighted by atomic mass is 35.5. The molecule has 21 heavy (non-hydrogen) atoms. The molecule has 0 spiro atoms. The summed E-state index contributed by atoms with van der Waals surface area (Å²) in [6.45, 7) is 0.307.